The van der Waals surface area contributed by atoms with Gasteiger partial charge in [-0.2, -0.15) is 5.10 Å². The average Bonchev–Trinajstić information content (AvgIpc) is 2.42. The van der Waals surface area contributed by atoms with E-state index in [4.69, 9.17) is 0 Å². The third-order valence-corrected chi connectivity index (χ3v) is 2.29. The summed E-state index contributed by atoms with van der Waals surface area (Å²) in [5.74, 6) is 0. The quantitative estimate of drug-likeness (QED) is 0.441. The summed E-state index contributed by atoms with van der Waals surface area (Å²) in [4.78, 5) is 3.93. The Morgan fingerprint density at radius 3 is 2.56 bits per heavy atom. The lowest BCUT2D eigenvalue weighted by molar-refractivity contribution is 1.02. The Labute approximate surface area is 109 Å². The predicted octanol–water partition coefficient (Wildman–Crippen LogP) is 3.31. The lowest BCUT2D eigenvalue weighted by Crippen LogP contribution is -2.08. The summed E-state index contributed by atoms with van der Waals surface area (Å²) in [5, 5.41) is 6.23. The van der Waals surface area contributed by atoms with Crippen molar-refractivity contribution in [2.75, 3.05) is 19.1 Å². The van der Waals surface area contributed by atoms with Crippen molar-refractivity contribution < 1.29 is 0 Å². The van der Waals surface area contributed by atoms with Gasteiger partial charge in [-0.05, 0) is 30.7 Å². The number of benzene rings is 1. The highest BCUT2D eigenvalue weighted by Crippen LogP contribution is 2.10. The molecular formula is C15H19N3. The molecule has 3 heteroatoms. The van der Waals surface area contributed by atoms with E-state index in [2.05, 4.69) is 10.1 Å². The van der Waals surface area contributed by atoms with Gasteiger partial charge >= 0.3 is 0 Å². The summed E-state index contributed by atoms with van der Waals surface area (Å²) in [7, 11) is 3.67. The molecular weight excluding hydrogens is 222 g/mol. The molecule has 0 amide bonds. The fraction of sp³-hybridized carbons (Fsp3) is 0.200. The SMILES string of the molecule is C\C=C/C(/C=N\N(C)c1ccccc1)=C\C=N\C. The second-order valence-electron chi connectivity index (χ2n) is 3.68. The predicted molar refractivity (Wildman–Crippen MR) is 80.7 cm³/mol. The summed E-state index contributed by atoms with van der Waals surface area (Å²) in [6.45, 7) is 1.98. The van der Waals surface area contributed by atoms with Gasteiger partial charge in [-0.3, -0.25) is 10.0 Å². The Hall–Kier alpha value is -2.16. The molecule has 0 N–H and O–H groups in total. The summed E-state index contributed by atoms with van der Waals surface area (Å²) in [6.07, 6.45) is 9.45. The zero-order valence-electron chi connectivity index (χ0n) is 11.1. The molecule has 1 aromatic rings. The Balaban J connectivity index is 2.78. The maximum Gasteiger partial charge on any atom is 0.0590 e. The normalized spacial score (nSPS) is 12.9. The van der Waals surface area contributed by atoms with Gasteiger partial charge in [0.1, 0.15) is 0 Å². The second-order valence-corrected chi connectivity index (χ2v) is 3.68. The van der Waals surface area contributed by atoms with Crippen LogP contribution in [0.2, 0.25) is 0 Å². The molecule has 0 spiro atoms. The highest BCUT2D eigenvalue weighted by atomic mass is 15.4. The highest BCUT2D eigenvalue weighted by molar-refractivity contribution is 5.89. The van der Waals surface area contributed by atoms with Crippen LogP contribution in [0, 0.1) is 0 Å². The third kappa shape index (κ3) is 4.78. The molecule has 0 fully saturated rings. The van der Waals surface area contributed by atoms with Crippen molar-refractivity contribution in [3.05, 3.63) is 54.1 Å². The molecule has 0 aromatic heterocycles. The Morgan fingerprint density at radius 2 is 1.94 bits per heavy atom. The van der Waals surface area contributed by atoms with E-state index < -0.39 is 0 Å². The highest BCUT2D eigenvalue weighted by Gasteiger charge is 1.95. The zero-order chi connectivity index (χ0) is 13.2. The molecule has 0 unspecified atom stereocenters. The van der Waals surface area contributed by atoms with E-state index in [1.54, 1.807) is 13.3 Å². The third-order valence-electron chi connectivity index (χ3n) is 2.29. The number of allylic oxidation sites excluding steroid dienone is 4. The molecule has 18 heavy (non-hydrogen) atoms. The van der Waals surface area contributed by atoms with E-state index in [1.165, 1.54) is 0 Å². The van der Waals surface area contributed by atoms with E-state index in [-0.39, 0.29) is 0 Å². The first-order chi connectivity index (χ1) is 8.77. The molecule has 0 radical (unpaired) electrons. The summed E-state index contributed by atoms with van der Waals surface area (Å²) in [5.41, 5.74) is 2.06. The van der Waals surface area contributed by atoms with Crippen molar-refractivity contribution in [1.29, 1.82) is 0 Å². The number of hydrogen-bond donors (Lipinski definition) is 0. The van der Waals surface area contributed by atoms with Crippen LogP contribution in [0.5, 0.6) is 0 Å². The van der Waals surface area contributed by atoms with Crippen molar-refractivity contribution in [1.82, 2.24) is 0 Å². The van der Waals surface area contributed by atoms with E-state index in [9.17, 15) is 0 Å². The maximum absolute atomic E-state index is 4.39. The van der Waals surface area contributed by atoms with E-state index in [0.29, 0.717) is 0 Å². The van der Waals surface area contributed by atoms with Gasteiger partial charge < -0.3 is 0 Å². The topological polar surface area (TPSA) is 28.0 Å². The molecule has 3 nitrogen and oxygen atoms in total. The number of anilines is 1. The average molecular weight is 241 g/mol. The molecule has 0 bridgehead atoms. The smallest absolute Gasteiger partial charge is 0.0590 e. The van der Waals surface area contributed by atoms with Crippen LogP contribution in [0.3, 0.4) is 0 Å². The van der Waals surface area contributed by atoms with Crippen molar-refractivity contribution in [3.63, 3.8) is 0 Å². The molecule has 1 aromatic carbocycles. The molecule has 0 aliphatic rings. The summed E-state index contributed by atoms with van der Waals surface area (Å²) in [6, 6.07) is 10.0. The fourth-order valence-corrected chi connectivity index (χ4v) is 1.36. The largest absolute Gasteiger partial charge is 0.296 e. The maximum atomic E-state index is 4.39. The number of nitrogens with zero attached hydrogens (tertiary/aromatic N) is 3. The zero-order valence-corrected chi connectivity index (χ0v) is 11.1. The molecule has 1 rings (SSSR count). The minimum Gasteiger partial charge on any atom is -0.296 e. The number of hydrogen-bond acceptors (Lipinski definition) is 3. The number of hydrazone groups is 1. The minimum atomic E-state index is 1.01. The molecule has 94 valence electrons. The summed E-state index contributed by atoms with van der Waals surface area (Å²) < 4.78 is 0. The van der Waals surface area contributed by atoms with E-state index in [0.717, 1.165) is 11.3 Å². The van der Waals surface area contributed by atoms with Crippen LogP contribution in [0.4, 0.5) is 5.69 Å². The van der Waals surface area contributed by atoms with Gasteiger partial charge in [-0.25, -0.2) is 0 Å². The van der Waals surface area contributed by atoms with Crippen molar-refractivity contribution in [2.45, 2.75) is 6.92 Å². The van der Waals surface area contributed by atoms with E-state index in [1.807, 2.05) is 73.8 Å². The molecule has 0 atom stereocenters. The monoisotopic (exact) mass is 241 g/mol. The first-order valence-corrected chi connectivity index (χ1v) is 5.86. The fourth-order valence-electron chi connectivity index (χ4n) is 1.36. The minimum absolute atomic E-state index is 1.01. The van der Waals surface area contributed by atoms with E-state index >= 15 is 0 Å². The molecule has 0 heterocycles. The van der Waals surface area contributed by atoms with Crippen LogP contribution in [-0.4, -0.2) is 26.5 Å². The van der Waals surface area contributed by atoms with Gasteiger partial charge in [0.05, 0.1) is 11.9 Å². The van der Waals surface area contributed by atoms with Gasteiger partial charge in [0.15, 0.2) is 0 Å². The molecule has 0 aliphatic carbocycles. The van der Waals surface area contributed by atoms with Crippen LogP contribution >= 0.6 is 0 Å². The lowest BCUT2D eigenvalue weighted by atomic mass is 10.2. The lowest BCUT2D eigenvalue weighted by Gasteiger charge is -2.12. The van der Waals surface area contributed by atoms with Crippen molar-refractivity contribution in [2.24, 2.45) is 10.1 Å². The van der Waals surface area contributed by atoms with Crippen LogP contribution in [0.25, 0.3) is 0 Å². The van der Waals surface area contributed by atoms with Gasteiger partial charge in [-0.15, -0.1) is 0 Å². The first kappa shape index (κ1) is 13.9. The van der Waals surface area contributed by atoms with Crippen molar-refractivity contribution in [3.8, 4) is 0 Å². The Kier molecular flexibility index (Phi) is 6.19. The Bertz CT molecular complexity index is 456. The van der Waals surface area contributed by atoms with Crippen LogP contribution in [0.15, 0.2) is 64.2 Å². The van der Waals surface area contributed by atoms with Gasteiger partial charge in [0.2, 0.25) is 0 Å². The van der Waals surface area contributed by atoms with Crippen LogP contribution in [-0.2, 0) is 0 Å². The van der Waals surface area contributed by atoms with Gasteiger partial charge in [0.25, 0.3) is 0 Å². The van der Waals surface area contributed by atoms with Gasteiger partial charge in [0, 0.05) is 20.3 Å². The summed E-state index contributed by atoms with van der Waals surface area (Å²) >= 11 is 0. The van der Waals surface area contributed by atoms with Crippen molar-refractivity contribution >= 4 is 18.1 Å². The molecule has 0 saturated carbocycles. The van der Waals surface area contributed by atoms with Crippen LogP contribution in [0.1, 0.15) is 6.92 Å². The molecule has 0 aliphatic heterocycles. The second kappa shape index (κ2) is 8.01. The first-order valence-electron chi connectivity index (χ1n) is 5.86. The van der Waals surface area contributed by atoms with Crippen LogP contribution < -0.4 is 5.01 Å². The number of rotatable bonds is 5. The molecule has 0 saturated heterocycles. The Morgan fingerprint density at radius 1 is 1.22 bits per heavy atom. The number of para-hydroxylation sites is 1. The van der Waals surface area contributed by atoms with Gasteiger partial charge in [-0.1, -0.05) is 30.4 Å². The number of aliphatic imine (C=N–C) groups is 1. The standard InChI is InChI=1S/C15H19N3/c1-4-8-14(11-12-16-2)13-17-18(3)15-9-6-5-7-10-15/h4-13H,1-3H3/b8-4-,14-11+,16-12+,17-13-.